The number of carboxylic acids is 1. The Kier molecular flexibility index (Phi) is 9.58. The van der Waals surface area contributed by atoms with E-state index in [2.05, 4.69) is 15.0 Å². The molecule has 2 amide bonds. The number of carboxylic acid groups (broad SMARTS) is 1. The fourth-order valence-corrected chi connectivity index (χ4v) is 3.68. The number of Topliss-reactive ketones (excluding diaryl/α,β-unsaturated/α-hetero) is 1. The molecule has 1 aromatic carbocycles. The molecule has 15 heteroatoms. The third kappa shape index (κ3) is 7.61. The molecule has 1 saturated heterocycles. The zero-order valence-electron chi connectivity index (χ0n) is 19.6. The van der Waals surface area contributed by atoms with Gasteiger partial charge in [0.25, 0.3) is 0 Å². The Bertz CT molecular complexity index is 1210. The first kappa shape index (κ1) is 28.8. The van der Waals surface area contributed by atoms with Crippen molar-refractivity contribution in [3.8, 4) is 5.75 Å². The number of amides is 2. The summed E-state index contributed by atoms with van der Waals surface area (Å²) < 4.78 is 58.7. The summed E-state index contributed by atoms with van der Waals surface area (Å²) in [5.41, 5.74) is 0.756. The molecule has 0 spiro atoms. The highest BCUT2D eigenvalue weighted by atomic mass is 35.5. The standard InChI is InChI=1S/C23H21ClF4N4O6/c24-17-2-1-12(7-29-17)8-32-4-3-31(10-19(32)35)9-18(34)30-15(6-20(36)37)16(33)11-38-23-21(27)13(25)5-14(26)22(23)28/h1-2,5,7,15H,3-4,6,8-11H2,(H,30,34)(H,36,37). The van der Waals surface area contributed by atoms with Crippen LogP contribution in [0.3, 0.4) is 0 Å². The van der Waals surface area contributed by atoms with Gasteiger partial charge < -0.3 is 20.1 Å². The molecule has 1 aliphatic rings. The zero-order valence-corrected chi connectivity index (χ0v) is 20.3. The molecule has 2 aromatic rings. The molecule has 2 N–H and O–H groups in total. The van der Waals surface area contributed by atoms with Gasteiger partial charge in [-0.25, -0.2) is 13.8 Å². The normalized spacial score (nSPS) is 14.8. The van der Waals surface area contributed by atoms with Gasteiger partial charge in [0.1, 0.15) is 17.8 Å². The minimum atomic E-state index is -1.88. The quantitative estimate of drug-likeness (QED) is 0.241. The van der Waals surface area contributed by atoms with Crippen molar-refractivity contribution in [1.82, 2.24) is 20.1 Å². The van der Waals surface area contributed by atoms with Gasteiger partial charge in [0.05, 0.1) is 19.5 Å². The Hall–Kier alpha value is -3.78. The number of pyridine rings is 1. The van der Waals surface area contributed by atoms with Crippen LogP contribution < -0.4 is 10.1 Å². The summed E-state index contributed by atoms with van der Waals surface area (Å²) in [6.45, 7) is -0.810. The van der Waals surface area contributed by atoms with Crippen molar-refractivity contribution in [3.05, 3.63) is 58.4 Å². The number of nitrogens with one attached hydrogen (secondary N) is 1. The van der Waals surface area contributed by atoms with Crippen molar-refractivity contribution in [3.63, 3.8) is 0 Å². The summed E-state index contributed by atoms with van der Waals surface area (Å²) in [6, 6.07) is 1.58. The molecule has 1 atom stereocenters. The number of aliphatic carboxylic acids is 1. The zero-order chi connectivity index (χ0) is 28.0. The number of rotatable bonds is 11. The van der Waals surface area contributed by atoms with Crippen molar-refractivity contribution in [2.75, 3.05) is 32.8 Å². The number of hydrogen-bond donors (Lipinski definition) is 2. The van der Waals surface area contributed by atoms with Crippen LogP contribution in [0.1, 0.15) is 12.0 Å². The van der Waals surface area contributed by atoms with E-state index in [0.29, 0.717) is 11.7 Å². The molecule has 0 aliphatic carbocycles. The highest BCUT2D eigenvalue weighted by Crippen LogP contribution is 2.26. The lowest BCUT2D eigenvalue weighted by atomic mass is 10.1. The van der Waals surface area contributed by atoms with Gasteiger partial charge in [0.2, 0.25) is 23.4 Å². The Morgan fingerprint density at radius 1 is 1.13 bits per heavy atom. The van der Waals surface area contributed by atoms with E-state index in [-0.39, 0.29) is 38.2 Å². The molecular weight excluding hydrogens is 540 g/mol. The number of nitrogens with zero attached hydrogens (tertiary/aromatic N) is 3. The predicted molar refractivity (Wildman–Crippen MR) is 122 cm³/mol. The number of ketones is 1. The number of hydrogen-bond acceptors (Lipinski definition) is 7. The van der Waals surface area contributed by atoms with Crippen LogP contribution in [0.25, 0.3) is 0 Å². The third-order valence-corrected chi connectivity index (χ3v) is 5.68. The van der Waals surface area contributed by atoms with E-state index >= 15 is 0 Å². The Morgan fingerprint density at radius 3 is 2.39 bits per heavy atom. The summed E-state index contributed by atoms with van der Waals surface area (Å²) in [4.78, 5) is 55.6. The Labute approximate surface area is 218 Å². The number of carbonyl (C=O) groups excluding carboxylic acids is 3. The van der Waals surface area contributed by atoms with Crippen LogP contribution in [0, 0.1) is 23.3 Å². The highest BCUT2D eigenvalue weighted by Gasteiger charge is 2.29. The molecular formula is C23H21ClF4N4O6. The fraction of sp³-hybridized carbons (Fsp3) is 0.348. The molecule has 0 bridgehead atoms. The van der Waals surface area contributed by atoms with Crippen LogP contribution in [0.5, 0.6) is 5.75 Å². The Balaban J connectivity index is 1.55. The van der Waals surface area contributed by atoms with E-state index in [1.54, 1.807) is 17.0 Å². The number of benzene rings is 1. The number of ether oxygens (including phenoxy) is 1. The topological polar surface area (TPSA) is 129 Å². The summed E-state index contributed by atoms with van der Waals surface area (Å²) >= 11 is 5.75. The maximum atomic E-state index is 13.7. The molecule has 1 aromatic heterocycles. The lowest BCUT2D eigenvalue weighted by Gasteiger charge is -2.34. The summed E-state index contributed by atoms with van der Waals surface area (Å²) in [5.74, 6) is -12.5. The van der Waals surface area contributed by atoms with Gasteiger partial charge in [-0.15, -0.1) is 0 Å². The lowest BCUT2D eigenvalue weighted by molar-refractivity contribution is -0.140. The Morgan fingerprint density at radius 2 is 1.82 bits per heavy atom. The molecule has 204 valence electrons. The summed E-state index contributed by atoms with van der Waals surface area (Å²) in [7, 11) is 0. The second-order valence-electron chi connectivity index (χ2n) is 8.29. The maximum Gasteiger partial charge on any atom is 0.305 e. The molecule has 3 rings (SSSR count). The first-order valence-corrected chi connectivity index (χ1v) is 11.4. The smallest absolute Gasteiger partial charge is 0.305 e. The van der Waals surface area contributed by atoms with Crippen molar-refractivity contribution in [2.45, 2.75) is 19.0 Å². The van der Waals surface area contributed by atoms with Crippen LogP contribution in [-0.2, 0) is 25.7 Å². The molecule has 10 nitrogen and oxygen atoms in total. The van der Waals surface area contributed by atoms with Gasteiger partial charge in [-0.3, -0.25) is 24.1 Å². The fourth-order valence-electron chi connectivity index (χ4n) is 3.56. The molecule has 1 aliphatic heterocycles. The number of piperazine rings is 1. The van der Waals surface area contributed by atoms with Gasteiger partial charge in [0.15, 0.2) is 23.2 Å². The number of aromatic nitrogens is 1. The van der Waals surface area contributed by atoms with Crippen molar-refractivity contribution >= 4 is 35.2 Å². The average Bonchev–Trinajstić information content (AvgIpc) is 2.85. The van der Waals surface area contributed by atoms with E-state index in [1.807, 2.05) is 0 Å². The SMILES string of the molecule is O=C(O)CC(NC(=O)CN1CCN(Cc2ccc(Cl)nc2)C(=O)C1)C(=O)COc1c(F)c(F)cc(F)c1F. The minimum Gasteiger partial charge on any atom is -0.481 e. The average molecular weight is 561 g/mol. The molecule has 1 fully saturated rings. The number of halogens is 5. The van der Waals surface area contributed by atoms with Crippen LogP contribution in [0.2, 0.25) is 5.15 Å². The lowest BCUT2D eigenvalue weighted by Crippen LogP contribution is -2.54. The van der Waals surface area contributed by atoms with Crippen molar-refractivity contribution in [2.24, 2.45) is 0 Å². The van der Waals surface area contributed by atoms with E-state index in [0.717, 1.165) is 5.56 Å². The van der Waals surface area contributed by atoms with Gasteiger partial charge >= 0.3 is 5.97 Å². The summed E-state index contributed by atoms with van der Waals surface area (Å²) in [5, 5.41) is 11.6. The largest absolute Gasteiger partial charge is 0.481 e. The first-order valence-electron chi connectivity index (χ1n) is 11.0. The molecule has 2 heterocycles. The predicted octanol–water partition coefficient (Wildman–Crippen LogP) is 1.54. The van der Waals surface area contributed by atoms with Crippen LogP contribution in [0.4, 0.5) is 17.6 Å². The molecule has 0 saturated carbocycles. The van der Waals surface area contributed by atoms with Gasteiger partial charge in [-0.05, 0) is 11.6 Å². The summed E-state index contributed by atoms with van der Waals surface area (Å²) in [6.07, 6.45) is 0.630. The molecule has 0 radical (unpaired) electrons. The molecule has 1 unspecified atom stereocenters. The second kappa shape index (κ2) is 12.6. The van der Waals surface area contributed by atoms with E-state index in [9.17, 15) is 36.7 Å². The first-order chi connectivity index (χ1) is 17.9. The van der Waals surface area contributed by atoms with Crippen LogP contribution >= 0.6 is 11.6 Å². The highest BCUT2D eigenvalue weighted by molar-refractivity contribution is 6.29. The van der Waals surface area contributed by atoms with Gasteiger partial charge in [0, 0.05) is 31.9 Å². The van der Waals surface area contributed by atoms with Crippen LogP contribution in [0.15, 0.2) is 24.4 Å². The third-order valence-electron chi connectivity index (χ3n) is 5.46. The van der Waals surface area contributed by atoms with E-state index in [1.165, 1.54) is 11.1 Å². The second-order valence-corrected chi connectivity index (χ2v) is 8.67. The number of carbonyl (C=O) groups is 4. The minimum absolute atomic E-state index is 0.0494. The van der Waals surface area contributed by atoms with Crippen LogP contribution in [-0.4, -0.2) is 82.3 Å². The van der Waals surface area contributed by atoms with E-state index < -0.39 is 65.7 Å². The van der Waals surface area contributed by atoms with Gasteiger partial charge in [-0.2, -0.15) is 8.78 Å². The van der Waals surface area contributed by atoms with Crippen molar-refractivity contribution < 1.29 is 46.6 Å². The van der Waals surface area contributed by atoms with E-state index in [4.69, 9.17) is 16.7 Å². The van der Waals surface area contributed by atoms with Crippen molar-refractivity contribution in [1.29, 1.82) is 0 Å². The monoisotopic (exact) mass is 560 g/mol. The maximum absolute atomic E-state index is 13.7. The van der Waals surface area contributed by atoms with Gasteiger partial charge in [-0.1, -0.05) is 17.7 Å². The molecule has 38 heavy (non-hydrogen) atoms.